The zero-order valence-corrected chi connectivity index (χ0v) is 13.5. The van der Waals surface area contributed by atoms with Crippen LogP contribution >= 0.6 is 23.1 Å². The van der Waals surface area contributed by atoms with E-state index in [0.29, 0.717) is 22.4 Å². The van der Waals surface area contributed by atoms with Gasteiger partial charge in [0.15, 0.2) is 4.34 Å². The molecular weight excluding hydrogens is 338 g/mol. The predicted octanol–water partition coefficient (Wildman–Crippen LogP) is 2.31. The molecule has 1 aliphatic heterocycles. The van der Waals surface area contributed by atoms with Gasteiger partial charge in [0, 0.05) is 30.1 Å². The van der Waals surface area contributed by atoms with E-state index in [2.05, 4.69) is 15.1 Å². The number of benzene rings is 1. The molecule has 0 N–H and O–H groups in total. The molecule has 2 aromatic rings. The summed E-state index contributed by atoms with van der Waals surface area (Å²) in [6, 6.07) is 6.20. The summed E-state index contributed by atoms with van der Waals surface area (Å²) in [5.41, 5.74) is 0.157. The van der Waals surface area contributed by atoms with Crippen LogP contribution in [0.15, 0.2) is 27.4 Å². The van der Waals surface area contributed by atoms with E-state index < -0.39 is 4.92 Å². The number of nitrogens with zero attached hydrogens (tertiary/aromatic N) is 5. The van der Waals surface area contributed by atoms with Crippen molar-refractivity contribution in [3.8, 4) is 6.07 Å². The number of anilines is 1. The van der Waals surface area contributed by atoms with Crippen LogP contribution < -0.4 is 4.90 Å². The van der Waals surface area contributed by atoms with Gasteiger partial charge >= 0.3 is 0 Å². The summed E-state index contributed by atoms with van der Waals surface area (Å²) >= 11 is 2.72. The highest BCUT2D eigenvalue weighted by molar-refractivity contribution is 8.01. The van der Waals surface area contributed by atoms with Crippen molar-refractivity contribution in [2.75, 3.05) is 31.2 Å². The Morgan fingerprint density at radius 3 is 2.87 bits per heavy atom. The van der Waals surface area contributed by atoms with Crippen LogP contribution in [0.2, 0.25) is 0 Å². The van der Waals surface area contributed by atoms with Gasteiger partial charge in [-0.15, -0.1) is 10.2 Å². The van der Waals surface area contributed by atoms with Crippen molar-refractivity contribution in [2.45, 2.75) is 9.24 Å². The summed E-state index contributed by atoms with van der Waals surface area (Å²) in [5.74, 6) is 0. The molecule has 1 aliphatic rings. The van der Waals surface area contributed by atoms with Crippen LogP contribution in [0.4, 0.5) is 10.8 Å². The van der Waals surface area contributed by atoms with Crippen LogP contribution in [-0.4, -0.2) is 41.4 Å². The topological polar surface area (TPSA) is 105 Å². The quantitative estimate of drug-likeness (QED) is 0.611. The van der Waals surface area contributed by atoms with Gasteiger partial charge in [0.25, 0.3) is 5.69 Å². The summed E-state index contributed by atoms with van der Waals surface area (Å²) < 4.78 is 5.99. The van der Waals surface area contributed by atoms with Crippen molar-refractivity contribution in [3.05, 3.63) is 33.9 Å². The second-order valence-electron chi connectivity index (χ2n) is 4.60. The monoisotopic (exact) mass is 349 g/mol. The highest BCUT2D eigenvalue weighted by Gasteiger charge is 2.18. The van der Waals surface area contributed by atoms with Crippen LogP contribution in [0.1, 0.15) is 5.56 Å². The van der Waals surface area contributed by atoms with Gasteiger partial charge in [-0.05, 0) is 6.07 Å². The first-order chi connectivity index (χ1) is 11.2. The van der Waals surface area contributed by atoms with Crippen LogP contribution in [-0.2, 0) is 4.74 Å². The molecule has 0 atom stereocenters. The molecule has 3 rings (SSSR count). The normalized spacial score (nSPS) is 14.5. The maximum Gasteiger partial charge on any atom is 0.270 e. The van der Waals surface area contributed by atoms with Crippen molar-refractivity contribution in [1.29, 1.82) is 5.26 Å². The molecule has 23 heavy (non-hydrogen) atoms. The molecular formula is C13H11N5O3S2. The van der Waals surface area contributed by atoms with Crippen LogP contribution in [0.5, 0.6) is 0 Å². The molecule has 1 aromatic carbocycles. The van der Waals surface area contributed by atoms with Gasteiger partial charge in [0.1, 0.15) is 6.07 Å². The summed E-state index contributed by atoms with van der Waals surface area (Å²) in [7, 11) is 0. The second-order valence-corrected chi connectivity index (χ2v) is 6.85. The Balaban J connectivity index is 1.78. The van der Waals surface area contributed by atoms with Gasteiger partial charge in [0.2, 0.25) is 5.13 Å². The molecule has 1 aromatic heterocycles. The number of aromatic nitrogens is 2. The average molecular weight is 349 g/mol. The fourth-order valence-electron chi connectivity index (χ4n) is 2.03. The third-order valence-electron chi connectivity index (χ3n) is 3.17. The number of nitro benzene ring substituents is 1. The molecule has 0 radical (unpaired) electrons. The zero-order chi connectivity index (χ0) is 16.2. The molecule has 1 fully saturated rings. The van der Waals surface area contributed by atoms with E-state index in [0.717, 1.165) is 18.2 Å². The molecule has 0 saturated carbocycles. The number of hydrogen-bond acceptors (Lipinski definition) is 9. The fourth-order valence-corrected chi connectivity index (χ4v) is 3.94. The van der Waals surface area contributed by atoms with Crippen molar-refractivity contribution in [3.63, 3.8) is 0 Å². The standard InChI is InChI=1S/C13H11N5O3S2/c14-8-9-7-10(18(19)20)1-2-11(9)22-13-16-15-12(23-13)17-3-5-21-6-4-17/h1-2,7H,3-6H2. The van der Waals surface area contributed by atoms with Gasteiger partial charge < -0.3 is 9.64 Å². The van der Waals surface area contributed by atoms with Crippen molar-refractivity contribution >= 4 is 33.9 Å². The van der Waals surface area contributed by atoms with Crippen LogP contribution in [0.25, 0.3) is 0 Å². The molecule has 0 aliphatic carbocycles. The Labute approximate surface area is 139 Å². The average Bonchev–Trinajstić information content (AvgIpc) is 3.04. The lowest BCUT2D eigenvalue weighted by atomic mass is 10.2. The SMILES string of the molecule is N#Cc1cc([N+](=O)[O-])ccc1Sc1nnc(N2CCOCC2)s1. The first-order valence-electron chi connectivity index (χ1n) is 6.70. The Morgan fingerprint density at radius 1 is 1.39 bits per heavy atom. The first-order valence-corrected chi connectivity index (χ1v) is 8.33. The Kier molecular flexibility index (Phi) is 4.71. The summed E-state index contributed by atoms with van der Waals surface area (Å²) in [5, 5.41) is 29.0. The minimum atomic E-state index is -0.517. The maximum absolute atomic E-state index is 10.8. The highest BCUT2D eigenvalue weighted by Crippen LogP contribution is 2.36. The number of nitro groups is 1. The highest BCUT2D eigenvalue weighted by atomic mass is 32.2. The second kappa shape index (κ2) is 6.91. The van der Waals surface area contributed by atoms with E-state index in [-0.39, 0.29) is 11.3 Å². The molecule has 8 nitrogen and oxygen atoms in total. The van der Waals surface area contributed by atoms with Crippen molar-refractivity contribution < 1.29 is 9.66 Å². The molecule has 1 saturated heterocycles. The minimum absolute atomic E-state index is 0.0998. The van der Waals surface area contributed by atoms with E-state index in [1.165, 1.54) is 35.2 Å². The maximum atomic E-state index is 10.8. The van der Waals surface area contributed by atoms with Crippen molar-refractivity contribution in [2.24, 2.45) is 0 Å². The number of non-ortho nitro benzene ring substituents is 1. The van der Waals surface area contributed by atoms with E-state index in [1.54, 1.807) is 6.07 Å². The van der Waals surface area contributed by atoms with Gasteiger partial charge in [-0.3, -0.25) is 10.1 Å². The molecule has 0 bridgehead atoms. The Morgan fingerprint density at radius 2 is 2.17 bits per heavy atom. The lowest BCUT2D eigenvalue weighted by Crippen LogP contribution is -2.36. The third-order valence-corrected chi connectivity index (χ3v) is 5.28. The zero-order valence-electron chi connectivity index (χ0n) is 11.8. The lowest BCUT2D eigenvalue weighted by molar-refractivity contribution is -0.384. The number of morpholine rings is 1. The number of hydrogen-bond donors (Lipinski definition) is 0. The summed E-state index contributed by atoms with van der Waals surface area (Å²) in [6.45, 7) is 2.90. The lowest BCUT2D eigenvalue weighted by Gasteiger charge is -2.25. The molecule has 0 amide bonds. The molecule has 0 spiro atoms. The number of nitriles is 1. The first kappa shape index (κ1) is 15.7. The van der Waals surface area contributed by atoms with Crippen LogP contribution in [0.3, 0.4) is 0 Å². The molecule has 10 heteroatoms. The molecule has 118 valence electrons. The summed E-state index contributed by atoms with van der Waals surface area (Å²) in [6.07, 6.45) is 0. The largest absolute Gasteiger partial charge is 0.378 e. The Hall–Kier alpha value is -2.22. The number of rotatable bonds is 4. The predicted molar refractivity (Wildman–Crippen MR) is 84.9 cm³/mol. The fraction of sp³-hybridized carbons (Fsp3) is 0.308. The third kappa shape index (κ3) is 3.58. The van der Waals surface area contributed by atoms with E-state index in [9.17, 15) is 15.4 Å². The number of ether oxygens (including phenoxy) is 1. The van der Waals surface area contributed by atoms with E-state index in [4.69, 9.17) is 4.74 Å². The van der Waals surface area contributed by atoms with Gasteiger partial charge in [-0.2, -0.15) is 5.26 Å². The van der Waals surface area contributed by atoms with Crippen molar-refractivity contribution in [1.82, 2.24) is 10.2 Å². The van der Waals surface area contributed by atoms with Gasteiger partial charge in [-0.1, -0.05) is 23.1 Å². The molecule has 2 heterocycles. The Bertz CT molecular complexity index is 767. The van der Waals surface area contributed by atoms with E-state index in [1.807, 2.05) is 6.07 Å². The van der Waals surface area contributed by atoms with Gasteiger partial charge in [0.05, 0.1) is 23.7 Å². The van der Waals surface area contributed by atoms with Gasteiger partial charge in [-0.25, -0.2) is 0 Å². The van der Waals surface area contributed by atoms with E-state index >= 15 is 0 Å². The minimum Gasteiger partial charge on any atom is -0.378 e. The summed E-state index contributed by atoms with van der Waals surface area (Å²) in [4.78, 5) is 13.0. The molecule has 0 unspecified atom stereocenters. The van der Waals surface area contributed by atoms with Crippen LogP contribution in [0, 0.1) is 21.4 Å². The smallest absolute Gasteiger partial charge is 0.270 e.